The predicted molar refractivity (Wildman–Crippen MR) is 59.9 cm³/mol. The number of alkyl halides is 3. The lowest BCUT2D eigenvalue weighted by Crippen LogP contribution is -2.29. The molecule has 0 aliphatic rings. The number of halogens is 3. The second-order valence-corrected chi connectivity index (χ2v) is 5.42. The van der Waals surface area contributed by atoms with Crippen molar-refractivity contribution in [2.24, 2.45) is 0 Å². The van der Waals surface area contributed by atoms with Gasteiger partial charge in [0.05, 0.1) is 0 Å². The third-order valence-corrected chi connectivity index (χ3v) is 2.00. The summed E-state index contributed by atoms with van der Waals surface area (Å²) in [5.74, 6) is -0.390. The van der Waals surface area contributed by atoms with Gasteiger partial charge in [-0.15, -0.1) is 0 Å². The molecule has 0 aromatic rings. The monoisotopic (exact) mass is 258 g/mol. The highest BCUT2D eigenvalue weighted by Crippen LogP contribution is 2.33. The van der Waals surface area contributed by atoms with Crippen LogP contribution in [0.15, 0.2) is 11.6 Å². The second-order valence-electron chi connectivity index (χ2n) is 3.05. The highest BCUT2D eigenvalue weighted by Gasteiger charge is 2.33. The average molecular weight is 260 g/mol. The molecule has 0 aromatic carbocycles. The first kappa shape index (κ1) is 14.1. The fraction of sp³-hybridized carbons (Fsp3) is 0.667. The molecule has 0 aliphatic carbocycles. The number of carbonyl (C=O) groups is 1. The summed E-state index contributed by atoms with van der Waals surface area (Å²) in [6.45, 7) is 5.35. The van der Waals surface area contributed by atoms with Gasteiger partial charge in [-0.05, 0) is 19.9 Å². The van der Waals surface area contributed by atoms with Crippen LogP contribution in [-0.4, -0.2) is 15.9 Å². The van der Waals surface area contributed by atoms with Crippen LogP contribution in [0.4, 0.5) is 0 Å². The third-order valence-electron chi connectivity index (χ3n) is 1.35. The van der Waals surface area contributed by atoms with E-state index in [-0.39, 0.29) is 12.4 Å². The van der Waals surface area contributed by atoms with E-state index >= 15 is 0 Å². The van der Waals surface area contributed by atoms with Gasteiger partial charge in [0.15, 0.2) is 6.10 Å². The standard InChI is InChI=1S/C9H13Cl3O2/c1-4-8(13)14-7(5-6(2)3)9(10,11)12/h5,7H,4H2,1-3H3. The van der Waals surface area contributed by atoms with Crippen molar-refractivity contribution >= 4 is 40.8 Å². The number of allylic oxidation sites excluding steroid dienone is 1. The molecule has 0 radical (unpaired) electrons. The summed E-state index contributed by atoms with van der Waals surface area (Å²) in [6.07, 6.45) is 1.04. The molecule has 0 heterocycles. The van der Waals surface area contributed by atoms with Gasteiger partial charge in [0.25, 0.3) is 0 Å². The maximum Gasteiger partial charge on any atom is 0.306 e. The lowest BCUT2D eigenvalue weighted by atomic mass is 10.2. The highest BCUT2D eigenvalue weighted by atomic mass is 35.6. The van der Waals surface area contributed by atoms with E-state index in [0.717, 1.165) is 5.57 Å². The normalized spacial score (nSPS) is 13.3. The summed E-state index contributed by atoms with van der Waals surface area (Å²) in [6, 6.07) is 0. The Morgan fingerprint density at radius 2 is 1.93 bits per heavy atom. The van der Waals surface area contributed by atoms with Gasteiger partial charge in [-0.1, -0.05) is 47.3 Å². The number of carbonyl (C=O) groups excluding carboxylic acids is 1. The summed E-state index contributed by atoms with van der Waals surface area (Å²) in [5.41, 5.74) is 0.922. The third kappa shape index (κ3) is 5.74. The predicted octanol–water partition coefficient (Wildman–Crippen LogP) is 3.64. The lowest BCUT2D eigenvalue weighted by Gasteiger charge is -2.21. The summed E-state index contributed by atoms with van der Waals surface area (Å²) >= 11 is 17.0. The Morgan fingerprint density at radius 3 is 2.21 bits per heavy atom. The van der Waals surface area contributed by atoms with Crippen LogP contribution in [-0.2, 0) is 9.53 Å². The lowest BCUT2D eigenvalue weighted by molar-refractivity contribution is -0.146. The minimum Gasteiger partial charge on any atom is -0.454 e. The van der Waals surface area contributed by atoms with Gasteiger partial charge in [-0.3, -0.25) is 4.79 Å². The number of ether oxygens (including phenoxy) is 1. The molecule has 0 aliphatic heterocycles. The van der Waals surface area contributed by atoms with Gasteiger partial charge >= 0.3 is 5.97 Å². The first-order chi connectivity index (χ1) is 6.27. The van der Waals surface area contributed by atoms with E-state index < -0.39 is 9.90 Å². The molecule has 82 valence electrons. The highest BCUT2D eigenvalue weighted by molar-refractivity contribution is 6.68. The Balaban J connectivity index is 4.58. The van der Waals surface area contributed by atoms with Crippen LogP contribution >= 0.6 is 34.8 Å². The van der Waals surface area contributed by atoms with Crippen LogP contribution < -0.4 is 0 Å². The summed E-state index contributed by atoms with van der Waals surface area (Å²) in [4.78, 5) is 11.0. The molecule has 2 nitrogen and oxygen atoms in total. The molecule has 0 saturated heterocycles. The van der Waals surface area contributed by atoms with E-state index in [1.807, 2.05) is 13.8 Å². The van der Waals surface area contributed by atoms with Gasteiger partial charge in [-0.25, -0.2) is 0 Å². The SMILES string of the molecule is CCC(=O)OC(C=C(C)C)C(Cl)(Cl)Cl. The molecule has 14 heavy (non-hydrogen) atoms. The van der Waals surface area contributed by atoms with Crippen molar-refractivity contribution in [2.45, 2.75) is 37.1 Å². The van der Waals surface area contributed by atoms with E-state index in [2.05, 4.69) is 0 Å². The molecule has 0 fully saturated rings. The molecule has 1 atom stereocenters. The van der Waals surface area contributed by atoms with E-state index in [1.54, 1.807) is 13.0 Å². The van der Waals surface area contributed by atoms with Crippen molar-refractivity contribution in [2.75, 3.05) is 0 Å². The summed E-state index contributed by atoms with van der Waals surface area (Å²) in [5, 5.41) is 0. The Hall–Kier alpha value is 0.0800. The zero-order valence-electron chi connectivity index (χ0n) is 8.31. The fourth-order valence-corrected chi connectivity index (χ4v) is 1.05. The van der Waals surface area contributed by atoms with E-state index in [1.165, 1.54) is 0 Å². The molecule has 0 rings (SSSR count). The van der Waals surface area contributed by atoms with E-state index in [4.69, 9.17) is 39.5 Å². The first-order valence-corrected chi connectivity index (χ1v) is 5.32. The molecule has 0 N–H and O–H groups in total. The Bertz CT molecular complexity index is 227. The van der Waals surface area contributed by atoms with Crippen LogP contribution in [0, 0.1) is 0 Å². The van der Waals surface area contributed by atoms with Crippen molar-refractivity contribution in [3.05, 3.63) is 11.6 Å². The smallest absolute Gasteiger partial charge is 0.306 e. The second kappa shape index (κ2) is 5.84. The van der Waals surface area contributed by atoms with Gasteiger partial charge in [0, 0.05) is 6.42 Å². The van der Waals surface area contributed by atoms with Gasteiger partial charge in [-0.2, -0.15) is 0 Å². The number of hydrogen-bond acceptors (Lipinski definition) is 2. The van der Waals surface area contributed by atoms with Crippen molar-refractivity contribution in [1.82, 2.24) is 0 Å². The quantitative estimate of drug-likeness (QED) is 0.439. The zero-order valence-corrected chi connectivity index (χ0v) is 10.6. The topological polar surface area (TPSA) is 26.3 Å². The molecule has 0 bridgehead atoms. The summed E-state index contributed by atoms with van der Waals surface area (Å²) < 4.78 is 3.34. The first-order valence-electron chi connectivity index (χ1n) is 4.18. The number of rotatable bonds is 3. The maximum atomic E-state index is 11.0. The van der Waals surface area contributed by atoms with Crippen molar-refractivity contribution < 1.29 is 9.53 Å². The average Bonchev–Trinajstić information content (AvgIpc) is 2.00. The Kier molecular flexibility index (Phi) is 5.87. The maximum absolute atomic E-state index is 11.0. The molecular formula is C9H13Cl3O2. The van der Waals surface area contributed by atoms with Crippen molar-refractivity contribution in [3.63, 3.8) is 0 Å². The molecule has 1 unspecified atom stereocenters. The van der Waals surface area contributed by atoms with Crippen molar-refractivity contribution in [1.29, 1.82) is 0 Å². The minimum atomic E-state index is -1.62. The molecule has 0 spiro atoms. The van der Waals surface area contributed by atoms with E-state index in [9.17, 15) is 4.79 Å². The van der Waals surface area contributed by atoms with Gasteiger partial charge in [0.2, 0.25) is 3.79 Å². The van der Waals surface area contributed by atoms with Gasteiger partial charge in [0.1, 0.15) is 0 Å². The number of esters is 1. The zero-order chi connectivity index (χ0) is 11.4. The van der Waals surface area contributed by atoms with Crippen LogP contribution in [0.2, 0.25) is 0 Å². The van der Waals surface area contributed by atoms with Crippen LogP contribution in [0.25, 0.3) is 0 Å². The Labute approximate surface area is 99.2 Å². The van der Waals surface area contributed by atoms with Crippen molar-refractivity contribution in [3.8, 4) is 0 Å². The Morgan fingerprint density at radius 1 is 1.43 bits per heavy atom. The number of hydrogen-bond donors (Lipinski definition) is 0. The molecule has 5 heteroatoms. The largest absolute Gasteiger partial charge is 0.454 e. The minimum absolute atomic E-state index is 0.258. The van der Waals surface area contributed by atoms with Crippen LogP contribution in [0.5, 0.6) is 0 Å². The van der Waals surface area contributed by atoms with E-state index in [0.29, 0.717) is 0 Å². The molecular weight excluding hydrogens is 246 g/mol. The molecule has 0 amide bonds. The fourth-order valence-electron chi connectivity index (χ4n) is 0.723. The molecule has 0 aromatic heterocycles. The molecule has 0 saturated carbocycles. The summed E-state index contributed by atoms with van der Waals surface area (Å²) in [7, 11) is 0. The van der Waals surface area contributed by atoms with Gasteiger partial charge < -0.3 is 4.74 Å². The van der Waals surface area contributed by atoms with Crippen LogP contribution in [0.3, 0.4) is 0 Å². The van der Waals surface area contributed by atoms with Crippen LogP contribution in [0.1, 0.15) is 27.2 Å².